The van der Waals surface area contributed by atoms with Gasteiger partial charge in [0.05, 0.1) is 5.69 Å². The fraction of sp³-hybridized carbons (Fsp3) is 0.292. The number of nitrogens with zero attached hydrogens (tertiary/aromatic N) is 2. The van der Waals surface area contributed by atoms with Crippen molar-refractivity contribution < 1.29 is 0 Å². The summed E-state index contributed by atoms with van der Waals surface area (Å²) in [5.41, 5.74) is 3.95. The molecule has 1 saturated heterocycles. The van der Waals surface area contributed by atoms with E-state index >= 15 is 0 Å². The van der Waals surface area contributed by atoms with Crippen LogP contribution in [0.2, 0.25) is 0 Å². The Morgan fingerprint density at radius 1 is 0.926 bits per heavy atom. The summed E-state index contributed by atoms with van der Waals surface area (Å²) in [5, 5.41) is 4.05. The minimum Gasteiger partial charge on any atom is -0.361 e. The Kier molecular flexibility index (Phi) is 4.38. The summed E-state index contributed by atoms with van der Waals surface area (Å²) < 4.78 is 0. The summed E-state index contributed by atoms with van der Waals surface area (Å²) in [7, 11) is 0. The minimum absolute atomic E-state index is 0.582. The van der Waals surface area contributed by atoms with Crippen LogP contribution >= 0.6 is 0 Å². The molecule has 136 valence electrons. The van der Waals surface area contributed by atoms with Crippen molar-refractivity contribution in [2.45, 2.75) is 25.2 Å². The Bertz CT molecular complexity index is 1050. The summed E-state index contributed by atoms with van der Waals surface area (Å²) in [6.07, 6.45) is 7.49. The van der Waals surface area contributed by atoms with Crippen LogP contribution in [0.1, 0.15) is 30.0 Å². The summed E-state index contributed by atoms with van der Waals surface area (Å²) in [4.78, 5) is 10.6. The van der Waals surface area contributed by atoms with Gasteiger partial charge < -0.3 is 9.88 Å². The number of pyridine rings is 1. The van der Waals surface area contributed by atoms with Crippen molar-refractivity contribution in [1.82, 2.24) is 14.9 Å². The SMILES string of the molecule is c1ccc2c(CCN3CCC(c4nccc5[nH]ccc45)CC3)cccc2c1. The zero-order valence-corrected chi connectivity index (χ0v) is 15.6. The molecular formula is C24H25N3. The smallest absolute Gasteiger partial charge is 0.0529 e. The molecule has 0 bridgehead atoms. The van der Waals surface area contributed by atoms with Gasteiger partial charge in [-0.2, -0.15) is 0 Å². The van der Waals surface area contributed by atoms with Gasteiger partial charge in [0.2, 0.25) is 0 Å². The Labute approximate surface area is 160 Å². The van der Waals surface area contributed by atoms with E-state index in [0.717, 1.165) is 26.1 Å². The molecule has 0 saturated carbocycles. The number of nitrogens with one attached hydrogen (secondary N) is 1. The number of piperidine rings is 1. The summed E-state index contributed by atoms with van der Waals surface area (Å²) >= 11 is 0. The van der Waals surface area contributed by atoms with Crippen molar-refractivity contribution in [3.8, 4) is 0 Å². The molecule has 0 radical (unpaired) electrons. The van der Waals surface area contributed by atoms with Crippen LogP contribution in [-0.4, -0.2) is 34.5 Å². The number of hydrogen-bond donors (Lipinski definition) is 1. The molecule has 4 aromatic rings. The van der Waals surface area contributed by atoms with Crippen molar-refractivity contribution in [1.29, 1.82) is 0 Å². The standard InChI is InChI=1S/C24H25N3/c1-2-7-21-18(4-1)5-3-6-19(21)10-15-27-16-11-20(12-17-27)24-22-8-13-25-23(22)9-14-26-24/h1-9,13-14,20,25H,10-12,15-17H2. The highest BCUT2D eigenvalue weighted by Gasteiger charge is 2.23. The molecule has 3 heteroatoms. The Morgan fingerprint density at radius 2 is 1.78 bits per heavy atom. The Balaban J connectivity index is 1.24. The average Bonchev–Trinajstić information content (AvgIpc) is 3.22. The number of likely N-dealkylation sites (tertiary alicyclic amines) is 1. The molecule has 0 unspecified atom stereocenters. The number of hydrogen-bond acceptors (Lipinski definition) is 2. The quantitative estimate of drug-likeness (QED) is 0.550. The van der Waals surface area contributed by atoms with Gasteiger partial charge in [0, 0.05) is 35.8 Å². The van der Waals surface area contributed by atoms with E-state index in [0.29, 0.717) is 5.92 Å². The molecule has 27 heavy (non-hydrogen) atoms. The second-order valence-electron chi connectivity index (χ2n) is 7.64. The van der Waals surface area contributed by atoms with Gasteiger partial charge >= 0.3 is 0 Å². The molecule has 0 spiro atoms. The normalized spacial score (nSPS) is 16.3. The molecule has 0 atom stereocenters. The van der Waals surface area contributed by atoms with Crippen molar-refractivity contribution >= 4 is 21.7 Å². The van der Waals surface area contributed by atoms with Crippen molar-refractivity contribution in [2.75, 3.05) is 19.6 Å². The summed E-state index contributed by atoms with van der Waals surface area (Å²) in [5.74, 6) is 0.582. The first-order valence-electron chi connectivity index (χ1n) is 9.99. The van der Waals surface area contributed by atoms with Gasteiger partial charge in [-0.1, -0.05) is 42.5 Å². The lowest BCUT2D eigenvalue weighted by atomic mass is 9.91. The van der Waals surface area contributed by atoms with Gasteiger partial charge in [0.1, 0.15) is 0 Å². The minimum atomic E-state index is 0.582. The molecule has 5 rings (SSSR count). The van der Waals surface area contributed by atoms with Gasteiger partial charge in [-0.15, -0.1) is 0 Å². The molecule has 1 aliphatic rings. The first kappa shape index (κ1) is 16.5. The van der Waals surface area contributed by atoms with Crippen LogP contribution in [0.3, 0.4) is 0 Å². The largest absolute Gasteiger partial charge is 0.361 e. The topological polar surface area (TPSA) is 31.9 Å². The number of aromatic nitrogens is 2. The summed E-state index contributed by atoms with van der Waals surface area (Å²) in [6.45, 7) is 3.47. The molecule has 3 heterocycles. The molecule has 3 nitrogen and oxygen atoms in total. The highest BCUT2D eigenvalue weighted by molar-refractivity contribution is 5.85. The number of rotatable bonds is 4. The van der Waals surface area contributed by atoms with E-state index in [1.807, 2.05) is 12.4 Å². The number of fused-ring (bicyclic) bond motifs is 2. The molecular weight excluding hydrogens is 330 g/mol. The Hall–Kier alpha value is -2.65. The highest BCUT2D eigenvalue weighted by Crippen LogP contribution is 2.31. The molecule has 0 aliphatic carbocycles. The maximum Gasteiger partial charge on any atom is 0.0529 e. The molecule has 1 N–H and O–H groups in total. The predicted molar refractivity (Wildman–Crippen MR) is 112 cm³/mol. The first-order chi connectivity index (χ1) is 13.4. The Morgan fingerprint density at radius 3 is 2.70 bits per heavy atom. The van der Waals surface area contributed by atoms with Crippen LogP contribution in [0.4, 0.5) is 0 Å². The van der Waals surface area contributed by atoms with E-state index in [2.05, 4.69) is 64.5 Å². The number of H-pyrrole nitrogens is 1. The lowest BCUT2D eigenvalue weighted by molar-refractivity contribution is 0.214. The van der Waals surface area contributed by atoms with Gasteiger partial charge in [0.15, 0.2) is 0 Å². The fourth-order valence-electron chi connectivity index (χ4n) is 4.55. The predicted octanol–water partition coefficient (Wildman–Crippen LogP) is 5.14. The van der Waals surface area contributed by atoms with Gasteiger partial charge in [-0.25, -0.2) is 0 Å². The van der Waals surface area contributed by atoms with E-state index in [1.54, 1.807) is 0 Å². The van der Waals surface area contributed by atoms with Crippen molar-refractivity contribution in [2.24, 2.45) is 0 Å². The number of benzene rings is 2. The van der Waals surface area contributed by atoms with Crippen molar-refractivity contribution in [3.05, 3.63) is 78.2 Å². The van der Waals surface area contributed by atoms with Crippen LogP contribution in [-0.2, 0) is 6.42 Å². The second-order valence-corrected chi connectivity index (χ2v) is 7.64. The van der Waals surface area contributed by atoms with E-state index in [1.165, 1.54) is 45.8 Å². The highest BCUT2D eigenvalue weighted by atomic mass is 15.1. The lowest BCUT2D eigenvalue weighted by Gasteiger charge is -2.32. The van der Waals surface area contributed by atoms with Crippen molar-refractivity contribution in [3.63, 3.8) is 0 Å². The zero-order chi connectivity index (χ0) is 18.1. The molecule has 2 aromatic heterocycles. The van der Waals surface area contributed by atoms with E-state index in [4.69, 9.17) is 4.98 Å². The molecule has 1 fully saturated rings. The van der Waals surface area contributed by atoms with E-state index in [9.17, 15) is 0 Å². The van der Waals surface area contributed by atoms with Crippen LogP contribution in [0.5, 0.6) is 0 Å². The first-order valence-corrected chi connectivity index (χ1v) is 9.99. The van der Waals surface area contributed by atoms with Crippen LogP contribution in [0, 0.1) is 0 Å². The van der Waals surface area contributed by atoms with Gasteiger partial charge in [-0.05, 0) is 60.8 Å². The molecule has 1 aliphatic heterocycles. The monoisotopic (exact) mass is 355 g/mol. The third-order valence-electron chi connectivity index (χ3n) is 6.06. The third-order valence-corrected chi connectivity index (χ3v) is 6.06. The van der Waals surface area contributed by atoms with E-state index in [-0.39, 0.29) is 0 Å². The van der Waals surface area contributed by atoms with Crippen LogP contribution in [0.15, 0.2) is 67.0 Å². The maximum atomic E-state index is 4.72. The third kappa shape index (κ3) is 3.24. The maximum absolute atomic E-state index is 4.72. The summed E-state index contributed by atoms with van der Waals surface area (Å²) in [6, 6.07) is 19.6. The van der Waals surface area contributed by atoms with Gasteiger partial charge in [-0.3, -0.25) is 4.98 Å². The van der Waals surface area contributed by atoms with Crippen LogP contribution < -0.4 is 0 Å². The van der Waals surface area contributed by atoms with E-state index < -0.39 is 0 Å². The molecule has 2 aromatic carbocycles. The zero-order valence-electron chi connectivity index (χ0n) is 15.6. The lowest BCUT2D eigenvalue weighted by Crippen LogP contribution is -2.34. The number of aromatic amines is 1. The second kappa shape index (κ2) is 7.16. The fourth-order valence-corrected chi connectivity index (χ4v) is 4.55. The van der Waals surface area contributed by atoms with Crippen LogP contribution in [0.25, 0.3) is 21.7 Å². The van der Waals surface area contributed by atoms with Gasteiger partial charge in [0.25, 0.3) is 0 Å². The molecule has 0 amide bonds. The average molecular weight is 355 g/mol.